The number of carbonyl (C=O) groups excluding carboxylic acids is 1. The molecule has 0 unspecified atom stereocenters. The van der Waals surface area contributed by atoms with Gasteiger partial charge in [0.1, 0.15) is 12.4 Å². The summed E-state index contributed by atoms with van der Waals surface area (Å²) in [4.78, 5) is 11.1. The number of hydrogen-bond acceptors (Lipinski definition) is 3. The van der Waals surface area contributed by atoms with Gasteiger partial charge in [0.25, 0.3) is 0 Å². The van der Waals surface area contributed by atoms with E-state index in [2.05, 4.69) is 0 Å². The third-order valence-corrected chi connectivity index (χ3v) is 2.21. The van der Waals surface area contributed by atoms with Gasteiger partial charge in [-0.15, -0.1) is 0 Å². The minimum atomic E-state index is -0.914. The molecule has 1 aromatic rings. The summed E-state index contributed by atoms with van der Waals surface area (Å²) in [7, 11) is 0. The standard InChI is InChI=1S/C12H15ClO3/c1-8(14)9-4-5-11(10(13)6-9)16-7-12(2,3)15/h4-6,15H,7H2,1-3H3. The third kappa shape index (κ3) is 3.83. The minimum absolute atomic E-state index is 0.0454. The number of ketones is 1. The lowest BCUT2D eigenvalue weighted by atomic mass is 10.1. The molecule has 0 saturated heterocycles. The van der Waals surface area contributed by atoms with Crippen molar-refractivity contribution in [2.75, 3.05) is 6.61 Å². The highest BCUT2D eigenvalue weighted by Gasteiger charge is 2.14. The smallest absolute Gasteiger partial charge is 0.159 e. The maximum absolute atomic E-state index is 11.1. The molecule has 0 spiro atoms. The molecule has 0 aromatic heterocycles. The molecule has 16 heavy (non-hydrogen) atoms. The van der Waals surface area contributed by atoms with Gasteiger partial charge in [-0.2, -0.15) is 0 Å². The van der Waals surface area contributed by atoms with Crippen LogP contribution in [0.4, 0.5) is 0 Å². The molecule has 0 aliphatic rings. The zero-order chi connectivity index (χ0) is 12.3. The molecule has 1 N–H and O–H groups in total. The summed E-state index contributed by atoms with van der Waals surface area (Å²) in [6.45, 7) is 4.91. The summed E-state index contributed by atoms with van der Waals surface area (Å²) in [6, 6.07) is 4.84. The molecule has 1 aromatic carbocycles. The van der Waals surface area contributed by atoms with Crippen molar-refractivity contribution >= 4 is 17.4 Å². The van der Waals surface area contributed by atoms with Crippen LogP contribution in [0, 0.1) is 0 Å². The van der Waals surface area contributed by atoms with Crippen molar-refractivity contribution in [1.29, 1.82) is 0 Å². The second-order valence-corrected chi connectivity index (χ2v) is 4.71. The summed E-state index contributed by atoms with van der Waals surface area (Å²) in [5.41, 5.74) is -0.372. The van der Waals surface area contributed by atoms with E-state index < -0.39 is 5.60 Å². The van der Waals surface area contributed by atoms with Gasteiger partial charge in [-0.05, 0) is 39.0 Å². The van der Waals surface area contributed by atoms with Crippen LogP contribution in [-0.2, 0) is 0 Å². The highest BCUT2D eigenvalue weighted by molar-refractivity contribution is 6.32. The molecule has 0 atom stereocenters. The number of rotatable bonds is 4. The lowest BCUT2D eigenvalue weighted by molar-refractivity contribution is 0.0285. The van der Waals surface area contributed by atoms with E-state index >= 15 is 0 Å². The van der Waals surface area contributed by atoms with Gasteiger partial charge in [0, 0.05) is 5.56 Å². The lowest BCUT2D eigenvalue weighted by Gasteiger charge is -2.18. The van der Waals surface area contributed by atoms with Crippen molar-refractivity contribution < 1.29 is 14.6 Å². The Kier molecular flexibility index (Phi) is 3.94. The lowest BCUT2D eigenvalue weighted by Crippen LogP contribution is -2.27. The van der Waals surface area contributed by atoms with Gasteiger partial charge < -0.3 is 9.84 Å². The summed E-state index contributed by atoms with van der Waals surface area (Å²) in [5, 5.41) is 9.86. The first-order chi connectivity index (χ1) is 7.29. The van der Waals surface area contributed by atoms with Crippen LogP contribution in [0.15, 0.2) is 18.2 Å². The van der Waals surface area contributed by atoms with Gasteiger partial charge in [-0.25, -0.2) is 0 Å². The fourth-order valence-electron chi connectivity index (χ4n) is 1.09. The fourth-order valence-corrected chi connectivity index (χ4v) is 1.33. The Morgan fingerprint density at radius 1 is 1.50 bits per heavy atom. The second kappa shape index (κ2) is 4.85. The van der Waals surface area contributed by atoms with Crippen LogP contribution in [0.2, 0.25) is 5.02 Å². The zero-order valence-corrected chi connectivity index (χ0v) is 10.3. The molecule has 4 heteroatoms. The predicted molar refractivity (Wildman–Crippen MR) is 63.2 cm³/mol. The number of aliphatic hydroxyl groups is 1. The topological polar surface area (TPSA) is 46.5 Å². The van der Waals surface area contributed by atoms with Gasteiger partial charge in [-0.1, -0.05) is 11.6 Å². The van der Waals surface area contributed by atoms with Gasteiger partial charge in [-0.3, -0.25) is 4.79 Å². The first kappa shape index (κ1) is 13.0. The maximum Gasteiger partial charge on any atom is 0.159 e. The molecular formula is C12H15ClO3. The molecule has 3 nitrogen and oxygen atoms in total. The van der Waals surface area contributed by atoms with E-state index in [-0.39, 0.29) is 12.4 Å². The Morgan fingerprint density at radius 3 is 2.56 bits per heavy atom. The number of Topliss-reactive ketones (excluding diaryl/α,β-unsaturated/α-hetero) is 1. The van der Waals surface area contributed by atoms with Crippen LogP contribution in [-0.4, -0.2) is 23.1 Å². The summed E-state index contributed by atoms with van der Waals surface area (Å²) in [5.74, 6) is 0.421. The van der Waals surface area contributed by atoms with Gasteiger partial charge in [0.15, 0.2) is 5.78 Å². The second-order valence-electron chi connectivity index (χ2n) is 4.30. The van der Waals surface area contributed by atoms with E-state index in [0.29, 0.717) is 16.3 Å². The van der Waals surface area contributed by atoms with Gasteiger partial charge >= 0.3 is 0 Å². The van der Waals surface area contributed by atoms with E-state index in [1.807, 2.05) is 0 Å². The predicted octanol–water partition coefficient (Wildman–Crippen LogP) is 2.69. The number of benzene rings is 1. The van der Waals surface area contributed by atoms with Crippen molar-refractivity contribution in [1.82, 2.24) is 0 Å². The Labute approximate surface area is 100.0 Å². The molecule has 0 bridgehead atoms. The summed E-state index contributed by atoms with van der Waals surface area (Å²) < 4.78 is 5.34. The van der Waals surface area contributed by atoms with E-state index in [9.17, 15) is 9.90 Å². The average Bonchev–Trinajstić information content (AvgIpc) is 2.14. The minimum Gasteiger partial charge on any atom is -0.489 e. The summed E-state index contributed by atoms with van der Waals surface area (Å²) >= 11 is 5.94. The Bertz CT molecular complexity index is 394. The van der Waals surface area contributed by atoms with Crippen molar-refractivity contribution in [3.63, 3.8) is 0 Å². The first-order valence-electron chi connectivity index (χ1n) is 4.95. The van der Waals surface area contributed by atoms with Gasteiger partial charge in [0.05, 0.1) is 10.6 Å². The largest absolute Gasteiger partial charge is 0.489 e. The number of carbonyl (C=O) groups is 1. The van der Waals surface area contributed by atoms with E-state index in [1.54, 1.807) is 32.0 Å². The third-order valence-electron chi connectivity index (χ3n) is 1.92. The molecular weight excluding hydrogens is 228 g/mol. The Hall–Kier alpha value is -1.06. The highest BCUT2D eigenvalue weighted by Crippen LogP contribution is 2.26. The van der Waals surface area contributed by atoms with Crippen molar-refractivity contribution in [3.05, 3.63) is 28.8 Å². The van der Waals surface area contributed by atoms with E-state index in [4.69, 9.17) is 16.3 Å². The highest BCUT2D eigenvalue weighted by atomic mass is 35.5. The maximum atomic E-state index is 11.1. The van der Waals surface area contributed by atoms with E-state index in [0.717, 1.165) is 0 Å². The first-order valence-corrected chi connectivity index (χ1v) is 5.33. The quantitative estimate of drug-likeness (QED) is 0.826. The molecule has 0 radical (unpaired) electrons. The fraction of sp³-hybridized carbons (Fsp3) is 0.417. The van der Waals surface area contributed by atoms with Crippen LogP contribution in [0.25, 0.3) is 0 Å². The number of hydrogen-bond donors (Lipinski definition) is 1. The average molecular weight is 243 g/mol. The van der Waals surface area contributed by atoms with Crippen molar-refractivity contribution in [2.24, 2.45) is 0 Å². The van der Waals surface area contributed by atoms with Crippen LogP contribution >= 0.6 is 11.6 Å². The van der Waals surface area contributed by atoms with Crippen LogP contribution in [0.5, 0.6) is 5.75 Å². The molecule has 1 rings (SSSR count). The van der Waals surface area contributed by atoms with Crippen LogP contribution < -0.4 is 4.74 Å². The Morgan fingerprint density at radius 2 is 2.12 bits per heavy atom. The summed E-state index contributed by atoms with van der Waals surface area (Å²) in [6.07, 6.45) is 0. The zero-order valence-electron chi connectivity index (χ0n) is 9.58. The normalized spacial score (nSPS) is 11.3. The Balaban J connectivity index is 2.80. The monoisotopic (exact) mass is 242 g/mol. The van der Waals surface area contributed by atoms with Gasteiger partial charge in [0.2, 0.25) is 0 Å². The molecule has 0 aliphatic heterocycles. The van der Waals surface area contributed by atoms with Crippen LogP contribution in [0.1, 0.15) is 31.1 Å². The molecule has 0 heterocycles. The van der Waals surface area contributed by atoms with Crippen LogP contribution in [0.3, 0.4) is 0 Å². The van der Waals surface area contributed by atoms with Crippen molar-refractivity contribution in [3.8, 4) is 5.75 Å². The molecule has 0 aliphatic carbocycles. The number of halogens is 1. The molecule has 88 valence electrons. The SMILES string of the molecule is CC(=O)c1ccc(OCC(C)(C)O)c(Cl)c1. The molecule has 0 amide bonds. The number of ether oxygens (including phenoxy) is 1. The molecule has 0 saturated carbocycles. The molecule has 0 fully saturated rings. The van der Waals surface area contributed by atoms with E-state index in [1.165, 1.54) is 6.92 Å². The van der Waals surface area contributed by atoms with Crippen molar-refractivity contribution in [2.45, 2.75) is 26.4 Å².